The standard InChI is InChI=1S/C20H25NO3S2/c1-14(2)15-6-8-16(9-7-15)20(17-5-4-11-26-17)21-18(22)10-12-25-13-19(23)24-3/h4-9,11,14,20H,10,12-13H2,1-3H3,(H,21,22). The second-order valence-corrected chi connectivity index (χ2v) is 8.30. The van der Waals surface area contributed by atoms with E-state index in [1.54, 1.807) is 11.3 Å². The average Bonchev–Trinajstić information content (AvgIpc) is 3.17. The number of nitrogens with one attached hydrogen (secondary N) is 1. The number of hydrogen-bond acceptors (Lipinski definition) is 5. The van der Waals surface area contributed by atoms with Crippen molar-refractivity contribution in [1.29, 1.82) is 0 Å². The van der Waals surface area contributed by atoms with E-state index in [0.717, 1.165) is 10.4 Å². The molecule has 1 aromatic heterocycles. The summed E-state index contributed by atoms with van der Waals surface area (Å²) in [5.41, 5.74) is 2.36. The highest BCUT2D eigenvalue weighted by atomic mass is 32.2. The molecule has 6 heteroatoms. The number of amides is 1. The van der Waals surface area contributed by atoms with Crippen molar-refractivity contribution in [3.8, 4) is 0 Å². The molecule has 0 aliphatic rings. The minimum absolute atomic E-state index is 0.0197. The molecule has 2 aromatic rings. The molecule has 1 heterocycles. The van der Waals surface area contributed by atoms with E-state index in [2.05, 4.69) is 48.2 Å². The van der Waals surface area contributed by atoms with Gasteiger partial charge in [0.25, 0.3) is 0 Å². The van der Waals surface area contributed by atoms with Crippen LogP contribution in [0.25, 0.3) is 0 Å². The topological polar surface area (TPSA) is 55.4 Å². The quantitative estimate of drug-likeness (QED) is 0.509. The Labute approximate surface area is 163 Å². The van der Waals surface area contributed by atoms with Crippen LogP contribution in [0.15, 0.2) is 41.8 Å². The third-order valence-electron chi connectivity index (χ3n) is 3.99. The van der Waals surface area contributed by atoms with Gasteiger partial charge in [-0.25, -0.2) is 0 Å². The van der Waals surface area contributed by atoms with Gasteiger partial charge in [-0.2, -0.15) is 0 Å². The van der Waals surface area contributed by atoms with E-state index in [9.17, 15) is 9.59 Å². The van der Waals surface area contributed by atoms with Crippen LogP contribution in [-0.2, 0) is 14.3 Å². The van der Waals surface area contributed by atoms with Crippen molar-refractivity contribution in [1.82, 2.24) is 5.32 Å². The summed E-state index contributed by atoms with van der Waals surface area (Å²) < 4.78 is 4.60. The maximum atomic E-state index is 12.4. The van der Waals surface area contributed by atoms with E-state index in [0.29, 0.717) is 18.1 Å². The van der Waals surface area contributed by atoms with Gasteiger partial charge in [0.2, 0.25) is 5.91 Å². The Bertz CT molecular complexity index is 696. The zero-order valence-electron chi connectivity index (χ0n) is 15.4. The molecule has 0 spiro atoms. The fraction of sp³-hybridized carbons (Fsp3) is 0.400. The molecule has 1 N–H and O–H groups in total. The van der Waals surface area contributed by atoms with E-state index < -0.39 is 0 Å². The lowest BCUT2D eigenvalue weighted by molar-refractivity contribution is -0.137. The van der Waals surface area contributed by atoms with Gasteiger partial charge in [0, 0.05) is 17.1 Å². The Morgan fingerprint density at radius 3 is 2.42 bits per heavy atom. The van der Waals surface area contributed by atoms with Crippen LogP contribution in [0.1, 0.15) is 48.2 Å². The molecule has 0 saturated heterocycles. The van der Waals surface area contributed by atoms with Crippen LogP contribution in [0.3, 0.4) is 0 Å². The van der Waals surface area contributed by atoms with Gasteiger partial charge in [-0.15, -0.1) is 23.1 Å². The fourth-order valence-electron chi connectivity index (χ4n) is 2.46. The number of esters is 1. The van der Waals surface area contributed by atoms with Crippen LogP contribution >= 0.6 is 23.1 Å². The molecule has 0 aliphatic heterocycles. The summed E-state index contributed by atoms with van der Waals surface area (Å²) in [5.74, 6) is 1.05. The molecule has 0 radical (unpaired) electrons. The van der Waals surface area contributed by atoms with E-state index in [-0.39, 0.29) is 23.7 Å². The Kier molecular flexibility index (Phi) is 8.19. The first-order chi connectivity index (χ1) is 12.5. The number of carbonyl (C=O) groups is 2. The third-order valence-corrected chi connectivity index (χ3v) is 5.86. The first-order valence-corrected chi connectivity index (χ1v) is 10.6. The van der Waals surface area contributed by atoms with Gasteiger partial charge in [0.1, 0.15) is 0 Å². The van der Waals surface area contributed by atoms with Gasteiger partial charge in [0.05, 0.1) is 18.9 Å². The molecule has 0 bridgehead atoms. The number of thiophene rings is 1. The van der Waals surface area contributed by atoms with E-state index in [1.807, 2.05) is 17.5 Å². The summed E-state index contributed by atoms with van der Waals surface area (Å²) in [6.45, 7) is 4.33. The Balaban J connectivity index is 1.99. The van der Waals surface area contributed by atoms with Crippen molar-refractivity contribution in [2.24, 2.45) is 0 Å². The molecule has 2 rings (SSSR count). The summed E-state index contributed by atoms with van der Waals surface area (Å²) in [6.07, 6.45) is 0.369. The largest absolute Gasteiger partial charge is 0.468 e. The molecule has 1 unspecified atom stereocenters. The predicted octanol–water partition coefficient (Wildman–Crippen LogP) is 4.37. The highest BCUT2D eigenvalue weighted by molar-refractivity contribution is 7.99. The van der Waals surface area contributed by atoms with Gasteiger partial charge in [-0.3, -0.25) is 9.59 Å². The van der Waals surface area contributed by atoms with Crippen molar-refractivity contribution < 1.29 is 14.3 Å². The number of carbonyl (C=O) groups excluding carboxylic acids is 2. The monoisotopic (exact) mass is 391 g/mol. The van der Waals surface area contributed by atoms with E-state index in [1.165, 1.54) is 24.4 Å². The van der Waals surface area contributed by atoms with Crippen LogP contribution in [-0.4, -0.2) is 30.5 Å². The second-order valence-electron chi connectivity index (χ2n) is 6.22. The van der Waals surface area contributed by atoms with Crippen LogP contribution < -0.4 is 5.32 Å². The number of benzene rings is 1. The molecule has 0 fully saturated rings. The van der Waals surface area contributed by atoms with Gasteiger partial charge in [-0.1, -0.05) is 44.2 Å². The SMILES string of the molecule is COC(=O)CSCCC(=O)NC(c1ccc(C(C)C)cc1)c1cccs1. The van der Waals surface area contributed by atoms with Gasteiger partial charge in [0.15, 0.2) is 0 Å². The molecule has 0 saturated carbocycles. The molecule has 26 heavy (non-hydrogen) atoms. The van der Waals surface area contributed by atoms with Crippen LogP contribution in [0.5, 0.6) is 0 Å². The molecule has 1 aromatic carbocycles. The van der Waals surface area contributed by atoms with Gasteiger partial charge >= 0.3 is 5.97 Å². The number of thioether (sulfide) groups is 1. The van der Waals surface area contributed by atoms with Crippen molar-refractivity contribution in [3.05, 3.63) is 57.8 Å². The molecular weight excluding hydrogens is 366 g/mol. The zero-order valence-corrected chi connectivity index (χ0v) is 17.0. The Morgan fingerprint density at radius 1 is 1.15 bits per heavy atom. The lowest BCUT2D eigenvalue weighted by Crippen LogP contribution is -2.29. The van der Waals surface area contributed by atoms with E-state index >= 15 is 0 Å². The predicted molar refractivity (Wildman–Crippen MR) is 109 cm³/mol. The lowest BCUT2D eigenvalue weighted by Gasteiger charge is -2.19. The number of ether oxygens (including phenoxy) is 1. The van der Waals surface area contributed by atoms with Gasteiger partial charge in [-0.05, 0) is 28.5 Å². The highest BCUT2D eigenvalue weighted by Gasteiger charge is 2.18. The summed E-state index contributed by atoms with van der Waals surface area (Å²) in [6, 6.07) is 12.3. The molecule has 0 aliphatic carbocycles. The molecule has 1 amide bonds. The Hall–Kier alpha value is -1.79. The molecule has 140 valence electrons. The maximum Gasteiger partial charge on any atom is 0.315 e. The smallest absolute Gasteiger partial charge is 0.315 e. The zero-order chi connectivity index (χ0) is 18.9. The number of rotatable bonds is 9. The first kappa shape index (κ1) is 20.5. The van der Waals surface area contributed by atoms with Crippen molar-refractivity contribution in [2.75, 3.05) is 18.6 Å². The maximum absolute atomic E-state index is 12.4. The summed E-state index contributed by atoms with van der Waals surface area (Å²) in [4.78, 5) is 24.6. The van der Waals surface area contributed by atoms with Crippen molar-refractivity contribution in [2.45, 2.75) is 32.2 Å². The fourth-order valence-corrected chi connectivity index (χ4v) is 4.02. The minimum atomic E-state index is -0.267. The minimum Gasteiger partial charge on any atom is -0.468 e. The summed E-state index contributed by atoms with van der Waals surface area (Å²) in [7, 11) is 1.37. The van der Waals surface area contributed by atoms with Crippen molar-refractivity contribution >= 4 is 35.0 Å². The average molecular weight is 392 g/mol. The van der Waals surface area contributed by atoms with Crippen LogP contribution in [0.4, 0.5) is 0 Å². The summed E-state index contributed by atoms with van der Waals surface area (Å²) in [5, 5.41) is 5.15. The summed E-state index contributed by atoms with van der Waals surface area (Å²) >= 11 is 3.04. The molecule has 4 nitrogen and oxygen atoms in total. The van der Waals surface area contributed by atoms with Gasteiger partial charge < -0.3 is 10.1 Å². The molecular formula is C20H25NO3S2. The number of hydrogen-bond donors (Lipinski definition) is 1. The Morgan fingerprint density at radius 2 is 1.85 bits per heavy atom. The van der Waals surface area contributed by atoms with Crippen LogP contribution in [0.2, 0.25) is 0 Å². The van der Waals surface area contributed by atoms with E-state index in [4.69, 9.17) is 0 Å². The van der Waals surface area contributed by atoms with Crippen LogP contribution in [0, 0.1) is 0 Å². The lowest BCUT2D eigenvalue weighted by atomic mass is 9.98. The normalized spacial score (nSPS) is 12.0. The molecule has 1 atom stereocenters. The highest BCUT2D eigenvalue weighted by Crippen LogP contribution is 2.27. The number of methoxy groups -OCH3 is 1. The second kappa shape index (κ2) is 10.4. The van der Waals surface area contributed by atoms with Crippen molar-refractivity contribution in [3.63, 3.8) is 0 Å². The third kappa shape index (κ3) is 6.18. The first-order valence-electron chi connectivity index (χ1n) is 8.58.